The Morgan fingerprint density at radius 2 is 1.79 bits per heavy atom. The fraction of sp³-hybridized carbons (Fsp3) is 0.286. The number of thiophene rings is 1. The van der Waals surface area contributed by atoms with Gasteiger partial charge in [-0.25, -0.2) is 12.8 Å². The number of hydrogen-bond acceptors (Lipinski definition) is 4. The van der Waals surface area contributed by atoms with Gasteiger partial charge in [-0.15, -0.1) is 11.3 Å². The molecule has 0 spiro atoms. The molecule has 2 bridgehead atoms. The largest absolute Gasteiger partial charge is 0.311 e. The van der Waals surface area contributed by atoms with Crippen molar-refractivity contribution >= 4 is 21.4 Å². The molecule has 0 N–H and O–H groups in total. The first kappa shape index (κ1) is 18.7. The summed E-state index contributed by atoms with van der Waals surface area (Å²) in [5, 5.41) is 1.95. The molecular formula is C21H19FN2O3S2. The van der Waals surface area contributed by atoms with Crippen molar-refractivity contribution in [3.8, 4) is 10.4 Å². The highest BCUT2D eigenvalue weighted by molar-refractivity contribution is 7.89. The Morgan fingerprint density at radius 1 is 1.00 bits per heavy atom. The van der Waals surface area contributed by atoms with Crippen LogP contribution in [0.5, 0.6) is 0 Å². The van der Waals surface area contributed by atoms with Gasteiger partial charge in [-0.05, 0) is 60.2 Å². The van der Waals surface area contributed by atoms with Crippen LogP contribution in [0.15, 0.2) is 63.6 Å². The lowest BCUT2D eigenvalue weighted by Gasteiger charge is -2.42. The molecule has 0 radical (unpaired) electrons. The average Bonchev–Trinajstić information content (AvgIpc) is 3.23. The van der Waals surface area contributed by atoms with E-state index in [1.54, 1.807) is 0 Å². The highest BCUT2D eigenvalue weighted by Crippen LogP contribution is 2.38. The van der Waals surface area contributed by atoms with E-state index in [4.69, 9.17) is 0 Å². The van der Waals surface area contributed by atoms with Crippen molar-refractivity contribution in [2.45, 2.75) is 23.8 Å². The van der Waals surface area contributed by atoms with Crippen LogP contribution in [0.25, 0.3) is 10.4 Å². The smallest absolute Gasteiger partial charge is 0.259 e. The first-order chi connectivity index (χ1) is 13.9. The molecule has 5 nitrogen and oxygen atoms in total. The Morgan fingerprint density at radius 3 is 2.52 bits per heavy atom. The maximum atomic E-state index is 13.2. The Kier molecular flexibility index (Phi) is 4.45. The quantitative estimate of drug-likeness (QED) is 0.639. The minimum Gasteiger partial charge on any atom is -0.311 e. The van der Waals surface area contributed by atoms with E-state index in [0.717, 1.165) is 17.0 Å². The van der Waals surface area contributed by atoms with Crippen molar-refractivity contribution in [3.63, 3.8) is 0 Å². The maximum Gasteiger partial charge on any atom is 0.259 e. The average molecular weight is 431 g/mol. The lowest BCUT2D eigenvalue weighted by atomic mass is 9.84. The highest BCUT2D eigenvalue weighted by atomic mass is 32.2. The van der Waals surface area contributed by atoms with Crippen LogP contribution in [-0.4, -0.2) is 30.4 Å². The zero-order valence-corrected chi connectivity index (χ0v) is 17.1. The number of nitrogens with zero attached hydrogens (tertiary/aromatic N) is 2. The zero-order valence-electron chi connectivity index (χ0n) is 15.5. The summed E-state index contributed by atoms with van der Waals surface area (Å²) in [6.45, 7) is 1.21. The molecule has 2 aliphatic heterocycles. The molecule has 1 aromatic carbocycles. The fourth-order valence-electron chi connectivity index (χ4n) is 4.47. The SMILES string of the molecule is O=c1c(-c2cccs2)ccc2n1CC1CC2CN(S(=O)(=O)c2ccc(F)cc2)C1. The minimum atomic E-state index is -3.70. The molecule has 0 amide bonds. The van der Waals surface area contributed by atoms with E-state index >= 15 is 0 Å². The molecule has 2 atom stereocenters. The lowest BCUT2D eigenvalue weighted by Crippen LogP contribution is -2.49. The number of sulfonamides is 1. The van der Waals surface area contributed by atoms with E-state index in [0.29, 0.717) is 25.2 Å². The van der Waals surface area contributed by atoms with Crippen LogP contribution in [0, 0.1) is 11.7 Å². The molecular weight excluding hydrogens is 411 g/mol. The number of benzene rings is 1. The number of piperidine rings is 1. The van der Waals surface area contributed by atoms with Gasteiger partial charge in [-0.1, -0.05) is 6.07 Å². The third-order valence-electron chi connectivity index (χ3n) is 5.81. The minimum absolute atomic E-state index is 0.00510. The van der Waals surface area contributed by atoms with E-state index in [1.807, 2.05) is 34.2 Å². The molecule has 2 unspecified atom stereocenters. The Labute approximate surface area is 172 Å². The summed E-state index contributed by atoms with van der Waals surface area (Å²) < 4.78 is 42.6. The van der Waals surface area contributed by atoms with Gasteiger partial charge in [0.15, 0.2) is 0 Å². The molecule has 1 fully saturated rings. The molecule has 3 aromatic rings. The van der Waals surface area contributed by atoms with Gasteiger partial charge in [0.1, 0.15) is 5.82 Å². The third kappa shape index (κ3) is 3.15. The van der Waals surface area contributed by atoms with Crippen LogP contribution in [0.1, 0.15) is 18.0 Å². The van der Waals surface area contributed by atoms with E-state index in [2.05, 4.69) is 0 Å². The summed E-state index contributed by atoms with van der Waals surface area (Å²) >= 11 is 1.54. The van der Waals surface area contributed by atoms with Gasteiger partial charge >= 0.3 is 0 Å². The van der Waals surface area contributed by atoms with Crippen molar-refractivity contribution in [1.29, 1.82) is 0 Å². The predicted molar refractivity (Wildman–Crippen MR) is 110 cm³/mol. The fourth-order valence-corrected chi connectivity index (χ4v) is 6.78. The van der Waals surface area contributed by atoms with Crippen LogP contribution in [0.2, 0.25) is 0 Å². The van der Waals surface area contributed by atoms with Gasteiger partial charge in [0.25, 0.3) is 5.56 Å². The summed E-state index contributed by atoms with van der Waals surface area (Å²) in [7, 11) is -3.70. The third-order valence-corrected chi connectivity index (χ3v) is 8.56. The first-order valence-corrected chi connectivity index (χ1v) is 11.8. The molecule has 4 heterocycles. The number of pyridine rings is 1. The molecule has 29 heavy (non-hydrogen) atoms. The van der Waals surface area contributed by atoms with Gasteiger partial charge in [-0.2, -0.15) is 4.31 Å². The van der Waals surface area contributed by atoms with Crippen molar-refractivity contribution in [2.75, 3.05) is 13.1 Å². The molecule has 2 aromatic heterocycles. The molecule has 2 aliphatic rings. The number of rotatable bonds is 3. The monoisotopic (exact) mass is 430 g/mol. The van der Waals surface area contributed by atoms with Gasteiger partial charge in [-0.3, -0.25) is 4.79 Å². The summed E-state index contributed by atoms with van der Waals surface area (Å²) in [4.78, 5) is 14.1. The van der Waals surface area contributed by atoms with Crippen LogP contribution in [0.3, 0.4) is 0 Å². The second kappa shape index (κ2) is 6.90. The van der Waals surface area contributed by atoms with E-state index in [9.17, 15) is 17.6 Å². The van der Waals surface area contributed by atoms with E-state index in [-0.39, 0.29) is 22.3 Å². The van der Waals surface area contributed by atoms with Gasteiger partial charge in [0.2, 0.25) is 10.0 Å². The highest BCUT2D eigenvalue weighted by Gasteiger charge is 2.39. The number of fused-ring (bicyclic) bond motifs is 4. The maximum absolute atomic E-state index is 13.2. The van der Waals surface area contributed by atoms with Gasteiger partial charge in [0, 0.05) is 36.1 Å². The number of aromatic nitrogens is 1. The molecule has 0 aliphatic carbocycles. The van der Waals surface area contributed by atoms with Crippen molar-refractivity contribution in [1.82, 2.24) is 8.87 Å². The van der Waals surface area contributed by atoms with Crippen LogP contribution >= 0.6 is 11.3 Å². The summed E-state index contributed by atoms with van der Waals surface area (Å²) in [5.41, 5.74) is 1.58. The Balaban J connectivity index is 1.49. The number of hydrogen-bond donors (Lipinski definition) is 0. The molecule has 0 saturated carbocycles. The van der Waals surface area contributed by atoms with Crippen LogP contribution in [0.4, 0.5) is 4.39 Å². The molecule has 5 rings (SSSR count). The van der Waals surface area contributed by atoms with Crippen LogP contribution < -0.4 is 5.56 Å². The van der Waals surface area contributed by atoms with Crippen LogP contribution in [-0.2, 0) is 16.6 Å². The zero-order chi connectivity index (χ0) is 20.2. The Bertz CT molecular complexity index is 1220. The van der Waals surface area contributed by atoms with Crippen molar-refractivity contribution < 1.29 is 12.8 Å². The number of halogens is 1. The summed E-state index contributed by atoms with van der Waals surface area (Å²) in [6.07, 6.45) is 0.868. The van der Waals surface area contributed by atoms with E-state index in [1.165, 1.54) is 39.9 Å². The molecule has 150 valence electrons. The van der Waals surface area contributed by atoms with Crippen molar-refractivity contribution in [3.05, 3.63) is 75.8 Å². The van der Waals surface area contributed by atoms with E-state index < -0.39 is 15.8 Å². The molecule has 8 heteroatoms. The Hall–Kier alpha value is -2.29. The second-order valence-corrected chi connectivity index (χ2v) is 10.5. The summed E-state index contributed by atoms with van der Waals surface area (Å²) in [6, 6.07) is 12.6. The van der Waals surface area contributed by atoms with Gasteiger partial charge in [0.05, 0.1) is 10.5 Å². The second-order valence-electron chi connectivity index (χ2n) is 7.64. The van der Waals surface area contributed by atoms with Gasteiger partial charge < -0.3 is 4.57 Å². The first-order valence-electron chi connectivity index (χ1n) is 9.47. The predicted octanol–water partition coefficient (Wildman–Crippen LogP) is 3.52. The lowest BCUT2D eigenvalue weighted by molar-refractivity contribution is 0.186. The topological polar surface area (TPSA) is 59.4 Å². The normalized spacial score (nSPS) is 21.7. The standard InChI is InChI=1S/C21H19FN2O3S2/c22-16-3-5-17(6-4-16)29(26,27)23-11-14-10-15(13-23)19-8-7-18(20-2-1-9-28-20)21(25)24(19)12-14/h1-9,14-15H,10-13H2. The van der Waals surface area contributed by atoms with Crippen molar-refractivity contribution in [2.24, 2.45) is 5.92 Å². The molecule has 1 saturated heterocycles. The summed E-state index contributed by atoms with van der Waals surface area (Å²) in [5.74, 6) is -0.412.